The van der Waals surface area contributed by atoms with Crippen LogP contribution in [-0.4, -0.2) is 63.5 Å². The van der Waals surface area contributed by atoms with Crippen molar-refractivity contribution in [2.24, 2.45) is 5.73 Å². The molecule has 1 saturated heterocycles. The number of hydrogen-bond acceptors (Lipinski definition) is 5. The molecule has 9 heteroatoms. The predicted octanol–water partition coefficient (Wildman–Crippen LogP) is -0.603. The predicted molar refractivity (Wildman–Crippen MR) is 81.6 cm³/mol. The number of amides is 2. The largest absolute Gasteiger partial charge is 0.481 e. The van der Waals surface area contributed by atoms with E-state index in [1.807, 2.05) is 0 Å². The molecule has 0 unspecified atom stereocenters. The number of rotatable bonds is 5. The van der Waals surface area contributed by atoms with Crippen LogP contribution in [0.5, 0.6) is 0 Å². The minimum absolute atomic E-state index is 0.155. The number of carbonyl (C=O) groups excluding carboxylic acids is 2. The van der Waals surface area contributed by atoms with Crippen LogP contribution in [0.15, 0.2) is 0 Å². The minimum Gasteiger partial charge on any atom is -0.481 e. The van der Waals surface area contributed by atoms with E-state index < -0.39 is 29.4 Å². The average Bonchev–Trinajstić information content (AvgIpc) is 2.90. The third-order valence-corrected chi connectivity index (χ3v) is 3.63. The molecule has 1 heterocycles. The van der Waals surface area contributed by atoms with Gasteiger partial charge in [-0.15, -0.1) is 0 Å². The van der Waals surface area contributed by atoms with E-state index in [-0.39, 0.29) is 18.9 Å². The fourth-order valence-electron chi connectivity index (χ4n) is 2.12. The van der Waals surface area contributed by atoms with Gasteiger partial charge in [0, 0.05) is 13.0 Å². The average molecular weight is 331 g/mol. The summed E-state index contributed by atoms with van der Waals surface area (Å²) in [6.45, 7) is 4.94. The Balaban J connectivity index is 0.000000841. The SMILES string of the molecule is CCC(=O)O.C[C@H](NC(=O)[C@]1(C)CCCN1C(=O)CN)C(=O)O. The van der Waals surface area contributed by atoms with Crippen LogP contribution in [0.2, 0.25) is 0 Å². The van der Waals surface area contributed by atoms with Crippen LogP contribution in [-0.2, 0) is 19.2 Å². The highest BCUT2D eigenvalue weighted by molar-refractivity contribution is 5.94. The summed E-state index contributed by atoms with van der Waals surface area (Å²) in [7, 11) is 0. The third-order valence-electron chi connectivity index (χ3n) is 3.63. The minimum atomic E-state index is -1.11. The first-order chi connectivity index (χ1) is 10.6. The lowest BCUT2D eigenvalue weighted by atomic mass is 9.97. The molecular formula is C14H25N3O6. The number of nitrogens with two attached hydrogens (primary N) is 1. The first kappa shape index (κ1) is 20.8. The molecule has 0 aliphatic carbocycles. The molecule has 23 heavy (non-hydrogen) atoms. The summed E-state index contributed by atoms with van der Waals surface area (Å²) in [5.74, 6) is -2.60. The second-order valence-electron chi connectivity index (χ2n) is 5.41. The number of nitrogens with one attached hydrogen (secondary N) is 1. The lowest BCUT2D eigenvalue weighted by molar-refractivity contribution is -0.146. The van der Waals surface area contributed by atoms with Crippen molar-refractivity contribution in [2.75, 3.05) is 13.1 Å². The summed E-state index contributed by atoms with van der Waals surface area (Å²) in [5, 5.41) is 18.9. The van der Waals surface area contributed by atoms with Gasteiger partial charge in [0.05, 0.1) is 6.54 Å². The molecule has 5 N–H and O–H groups in total. The molecule has 0 bridgehead atoms. The molecule has 0 aromatic heterocycles. The Hall–Kier alpha value is -2.16. The fraction of sp³-hybridized carbons (Fsp3) is 0.714. The monoisotopic (exact) mass is 331 g/mol. The van der Waals surface area contributed by atoms with Crippen LogP contribution in [0.3, 0.4) is 0 Å². The first-order valence-corrected chi connectivity index (χ1v) is 7.36. The molecule has 2 amide bonds. The lowest BCUT2D eigenvalue weighted by Gasteiger charge is -2.34. The number of carboxylic acid groups (broad SMARTS) is 2. The van der Waals surface area contributed by atoms with Crippen LogP contribution >= 0.6 is 0 Å². The van der Waals surface area contributed by atoms with Crippen molar-refractivity contribution in [3.8, 4) is 0 Å². The first-order valence-electron chi connectivity index (χ1n) is 7.36. The van der Waals surface area contributed by atoms with Crippen LogP contribution in [0, 0.1) is 0 Å². The number of carbonyl (C=O) groups is 4. The van der Waals surface area contributed by atoms with Gasteiger partial charge in [0.15, 0.2) is 0 Å². The van der Waals surface area contributed by atoms with Crippen LogP contribution in [0.25, 0.3) is 0 Å². The number of likely N-dealkylation sites (tertiary alicyclic amines) is 1. The Kier molecular flexibility index (Phi) is 8.23. The number of hydrogen-bond donors (Lipinski definition) is 4. The van der Waals surface area contributed by atoms with Gasteiger partial charge in [-0.3, -0.25) is 19.2 Å². The van der Waals surface area contributed by atoms with Crippen molar-refractivity contribution in [1.29, 1.82) is 0 Å². The second-order valence-corrected chi connectivity index (χ2v) is 5.41. The normalized spacial score (nSPS) is 21.0. The van der Waals surface area contributed by atoms with Gasteiger partial charge in [0.2, 0.25) is 11.8 Å². The van der Waals surface area contributed by atoms with E-state index >= 15 is 0 Å². The zero-order valence-electron chi connectivity index (χ0n) is 13.7. The van der Waals surface area contributed by atoms with Gasteiger partial charge in [-0.1, -0.05) is 6.92 Å². The molecule has 9 nitrogen and oxygen atoms in total. The second kappa shape index (κ2) is 9.09. The van der Waals surface area contributed by atoms with Gasteiger partial charge >= 0.3 is 11.9 Å². The Morgan fingerprint density at radius 3 is 2.22 bits per heavy atom. The van der Waals surface area contributed by atoms with E-state index in [0.717, 1.165) is 0 Å². The smallest absolute Gasteiger partial charge is 0.325 e. The van der Waals surface area contributed by atoms with Gasteiger partial charge in [0.1, 0.15) is 11.6 Å². The van der Waals surface area contributed by atoms with Crippen molar-refractivity contribution in [3.05, 3.63) is 0 Å². The van der Waals surface area contributed by atoms with E-state index in [9.17, 15) is 19.2 Å². The highest BCUT2D eigenvalue weighted by atomic mass is 16.4. The molecule has 1 aliphatic rings. The molecule has 0 radical (unpaired) electrons. The van der Waals surface area contributed by atoms with E-state index in [4.69, 9.17) is 15.9 Å². The number of carboxylic acids is 2. The van der Waals surface area contributed by atoms with Crippen molar-refractivity contribution in [2.45, 2.75) is 51.6 Å². The Labute approximate surface area is 134 Å². The molecule has 0 spiro atoms. The summed E-state index contributed by atoms with van der Waals surface area (Å²) in [6, 6.07) is -0.982. The van der Waals surface area contributed by atoms with E-state index in [0.29, 0.717) is 19.4 Å². The Morgan fingerprint density at radius 2 is 1.83 bits per heavy atom. The highest BCUT2D eigenvalue weighted by Gasteiger charge is 2.45. The molecule has 2 atom stereocenters. The van der Waals surface area contributed by atoms with Gasteiger partial charge in [-0.25, -0.2) is 0 Å². The van der Waals surface area contributed by atoms with Crippen LogP contribution < -0.4 is 11.1 Å². The van der Waals surface area contributed by atoms with Gasteiger partial charge < -0.3 is 26.2 Å². The Bertz CT molecular complexity index is 467. The van der Waals surface area contributed by atoms with Crippen LogP contribution in [0.1, 0.15) is 40.0 Å². The third kappa shape index (κ3) is 5.85. The van der Waals surface area contributed by atoms with Crippen LogP contribution in [0.4, 0.5) is 0 Å². The molecule has 0 saturated carbocycles. The summed E-state index contributed by atoms with van der Waals surface area (Å²) < 4.78 is 0. The standard InChI is InChI=1S/C11H19N3O4.C3H6O2/c1-7(9(16)17)13-10(18)11(2)4-3-5-14(11)8(15)6-12;1-2-3(4)5/h7H,3-6,12H2,1-2H3,(H,13,18)(H,16,17);2H2,1H3,(H,4,5)/t7-,11-;/m0./s1. The Morgan fingerprint density at radius 1 is 1.30 bits per heavy atom. The summed E-state index contributed by atoms with van der Waals surface area (Å²) >= 11 is 0. The maximum absolute atomic E-state index is 12.1. The summed E-state index contributed by atoms with van der Waals surface area (Å²) in [6.07, 6.45) is 1.44. The maximum atomic E-state index is 12.1. The van der Waals surface area contributed by atoms with E-state index in [1.165, 1.54) is 11.8 Å². The molecule has 0 aromatic carbocycles. The quantitative estimate of drug-likeness (QED) is 0.525. The van der Waals surface area contributed by atoms with Crippen molar-refractivity contribution >= 4 is 23.8 Å². The molecule has 1 aliphatic heterocycles. The molecular weight excluding hydrogens is 306 g/mol. The molecule has 0 aromatic rings. The molecule has 1 rings (SSSR count). The van der Waals surface area contributed by atoms with Gasteiger partial charge in [-0.05, 0) is 26.7 Å². The van der Waals surface area contributed by atoms with Gasteiger partial charge in [-0.2, -0.15) is 0 Å². The van der Waals surface area contributed by atoms with E-state index in [1.54, 1.807) is 13.8 Å². The lowest BCUT2D eigenvalue weighted by Crippen LogP contribution is -2.58. The fourth-order valence-corrected chi connectivity index (χ4v) is 2.12. The molecule has 1 fully saturated rings. The number of aliphatic carboxylic acids is 2. The van der Waals surface area contributed by atoms with Crippen molar-refractivity contribution in [1.82, 2.24) is 10.2 Å². The summed E-state index contributed by atoms with van der Waals surface area (Å²) in [4.78, 5) is 45.3. The zero-order chi connectivity index (χ0) is 18.2. The summed E-state index contributed by atoms with van der Waals surface area (Å²) in [5.41, 5.74) is 4.31. The van der Waals surface area contributed by atoms with Gasteiger partial charge in [0.25, 0.3) is 0 Å². The zero-order valence-corrected chi connectivity index (χ0v) is 13.7. The van der Waals surface area contributed by atoms with Crippen molar-refractivity contribution in [3.63, 3.8) is 0 Å². The topological polar surface area (TPSA) is 150 Å². The van der Waals surface area contributed by atoms with E-state index in [2.05, 4.69) is 5.32 Å². The van der Waals surface area contributed by atoms with Crippen molar-refractivity contribution < 1.29 is 29.4 Å². The number of nitrogens with zero attached hydrogens (tertiary/aromatic N) is 1. The highest BCUT2D eigenvalue weighted by Crippen LogP contribution is 2.29. The maximum Gasteiger partial charge on any atom is 0.325 e. The molecule has 132 valence electrons.